The van der Waals surface area contributed by atoms with E-state index in [2.05, 4.69) is 23.1 Å². The second kappa shape index (κ2) is 7.82. The van der Waals surface area contributed by atoms with Crippen molar-refractivity contribution in [1.29, 1.82) is 0 Å². The van der Waals surface area contributed by atoms with Crippen molar-refractivity contribution in [3.8, 4) is 0 Å². The maximum absolute atomic E-state index is 12.4. The van der Waals surface area contributed by atoms with E-state index in [1.807, 2.05) is 46.1 Å². The maximum Gasteiger partial charge on any atom is 0.253 e. The minimum atomic E-state index is -0.230. The standard InChI is InChI=1S/C21H28N4O2/c1-2-24-15-18(13-22-24)14-23-11-6-9-21(10-12-23)17-25(20(26)16-27-21)19-7-4-3-5-8-19/h3-5,7-8,13,15H,2,6,9-12,14,16-17H2,1H3. The number of rotatable bonds is 4. The molecule has 0 bridgehead atoms. The SMILES string of the molecule is CCn1cc(CN2CCCC3(CC2)CN(c2ccccc2)C(=O)CO3)cn1. The highest BCUT2D eigenvalue weighted by molar-refractivity contribution is 5.95. The summed E-state index contributed by atoms with van der Waals surface area (Å²) in [5.41, 5.74) is 2.00. The first kappa shape index (κ1) is 18.2. The van der Waals surface area contributed by atoms with E-state index in [9.17, 15) is 4.79 Å². The van der Waals surface area contributed by atoms with Crippen LogP contribution in [0, 0.1) is 0 Å². The summed E-state index contributed by atoms with van der Waals surface area (Å²) < 4.78 is 8.11. The number of likely N-dealkylation sites (tertiary alicyclic amines) is 1. The number of aryl methyl sites for hydroxylation is 1. The van der Waals surface area contributed by atoms with Gasteiger partial charge in [-0.3, -0.25) is 14.4 Å². The van der Waals surface area contributed by atoms with E-state index in [1.165, 1.54) is 5.56 Å². The normalized spacial score (nSPS) is 24.3. The van der Waals surface area contributed by atoms with E-state index in [1.54, 1.807) is 0 Å². The lowest BCUT2D eigenvalue weighted by Crippen LogP contribution is -2.55. The van der Waals surface area contributed by atoms with E-state index in [0.29, 0.717) is 6.54 Å². The highest BCUT2D eigenvalue weighted by Crippen LogP contribution is 2.33. The van der Waals surface area contributed by atoms with Gasteiger partial charge >= 0.3 is 0 Å². The van der Waals surface area contributed by atoms with Crippen molar-refractivity contribution in [3.05, 3.63) is 48.3 Å². The molecule has 4 rings (SSSR count). The molecule has 1 aromatic carbocycles. The van der Waals surface area contributed by atoms with Gasteiger partial charge < -0.3 is 9.64 Å². The zero-order valence-electron chi connectivity index (χ0n) is 16.0. The highest BCUT2D eigenvalue weighted by Gasteiger charge is 2.41. The van der Waals surface area contributed by atoms with Crippen molar-refractivity contribution in [3.63, 3.8) is 0 Å². The number of para-hydroxylation sites is 1. The molecule has 1 spiro atoms. The second-order valence-corrected chi connectivity index (χ2v) is 7.62. The predicted molar refractivity (Wildman–Crippen MR) is 105 cm³/mol. The lowest BCUT2D eigenvalue weighted by atomic mass is 9.92. The van der Waals surface area contributed by atoms with E-state index < -0.39 is 0 Å². The number of ether oxygens (including phenoxy) is 1. The molecule has 0 aliphatic carbocycles. The molecule has 1 unspecified atom stereocenters. The topological polar surface area (TPSA) is 50.6 Å². The number of amides is 1. The van der Waals surface area contributed by atoms with Crippen LogP contribution in [0.4, 0.5) is 5.69 Å². The van der Waals surface area contributed by atoms with Crippen LogP contribution in [-0.4, -0.2) is 52.4 Å². The minimum Gasteiger partial charge on any atom is -0.363 e. The Morgan fingerprint density at radius 3 is 2.81 bits per heavy atom. The fraction of sp³-hybridized carbons (Fsp3) is 0.524. The van der Waals surface area contributed by atoms with Gasteiger partial charge in [-0.15, -0.1) is 0 Å². The molecule has 1 aromatic heterocycles. The Hall–Kier alpha value is -2.18. The Morgan fingerprint density at radius 1 is 1.19 bits per heavy atom. The molecule has 0 N–H and O–H groups in total. The average molecular weight is 368 g/mol. The summed E-state index contributed by atoms with van der Waals surface area (Å²) in [7, 11) is 0. The number of morpholine rings is 1. The molecule has 6 nitrogen and oxygen atoms in total. The van der Waals surface area contributed by atoms with Gasteiger partial charge in [0.05, 0.1) is 18.3 Å². The van der Waals surface area contributed by atoms with Gasteiger partial charge in [0.15, 0.2) is 0 Å². The zero-order chi connectivity index (χ0) is 18.7. The molecule has 144 valence electrons. The van der Waals surface area contributed by atoms with Crippen molar-refractivity contribution < 1.29 is 9.53 Å². The first-order valence-electron chi connectivity index (χ1n) is 9.90. The lowest BCUT2D eigenvalue weighted by Gasteiger charge is -2.42. The van der Waals surface area contributed by atoms with E-state index in [-0.39, 0.29) is 18.1 Å². The molecular weight excluding hydrogens is 340 g/mol. The van der Waals surface area contributed by atoms with Crippen LogP contribution in [0.25, 0.3) is 0 Å². The van der Waals surface area contributed by atoms with Crippen LogP contribution in [0.3, 0.4) is 0 Å². The number of carbonyl (C=O) groups is 1. The number of hydrogen-bond acceptors (Lipinski definition) is 4. The molecule has 2 aliphatic rings. The number of carbonyl (C=O) groups excluding carboxylic acids is 1. The Kier molecular flexibility index (Phi) is 5.27. The largest absolute Gasteiger partial charge is 0.363 e. The van der Waals surface area contributed by atoms with Gasteiger partial charge in [0.1, 0.15) is 6.61 Å². The van der Waals surface area contributed by atoms with Gasteiger partial charge in [0.2, 0.25) is 0 Å². The van der Waals surface area contributed by atoms with Crippen LogP contribution < -0.4 is 4.90 Å². The Morgan fingerprint density at radius 2 is 2.04 bits per heavy atom. The van der Waals surface area contributed by atoms with Crippen molar-refractivity contribution in [2.75, 3.05) is 31.1 Å². The molecule has 2 fully saturated rings. The zero-order valence-corrected chi connectivity index (χ0v) is 16.0. The lowest BCUT2D eigenvalue weighted by molar-refractivity contribution is -0.140. The second-order valence-electron chi connectivity index (χ2n) is 7.62. The Bertz CT molecular complexity index is 775. The predicted octanol–water partition coefficient (Wildman–Crippen LogP) is 2.69. The summed E-state index contributed by atoms with van der Waals surface area (Å²) in [6, 6.07) is 9.96. The minimum absolute atomic E-state index is 0.0555. The third-order valence-corrected chi connectivity index (χ3v) is 5.72. The molecule has 2 saturated heterocycles. The summed E-state index contributed by atoms with van der Waals surface area (Å²) in [5, 5.41) is 4.38. The van der Waals surface area contributed by atoms with Crippen LogP contribution in [0.2, 0.25) is 0 Å². The van der Waals surface area contributed by atoms with Gasteiger partial charge in [0, 0.05) is 37.1 Å². The molecule has 1 atom stereocenters. The summed E-state index contributed by atoms with van der Waals surface area (Å²) in [5.74, 6) is 0.0555. The number of aromatic nitrogens is 2. The van der Waals surface area contributed by atoms with Crippen LogP contribution >= 0.6 is 0 Å². The van der Waals surface area contributed by atoms with Crippen LogP contribution in [0.1, 0.15) is 31.7 Å². The smallest absolute Gasteiger partial charge is 0.253 e. The molecule has 3 heterocycles. The van der Waals surface area contributed by atoms with Gasteiger partial charge in [-0.05, 0) is 44.9 Å². The maximum atomic E-state index is 12.4. The molecule has 2 aliphatic heterocycles. The average Bonchev–Trinajstić information content (AvgIpc) is 3.07. The van der Waals surface area contributed by atoms with Crippen LogP contribution in [0.15, 0.2) is 42.7 Å². The number of hydrogen-bond donors (Lipinski definition) is 0. The van der Waals surface area contributed by atoms with Crippen molar-refractivity contribution >= 4 is 11.6 Å². The van der Waals surface area contributed by atoms with E-state index >= 15 is 0 Å². The fourth-order valence-electron chi connectivity index (χ4n) is 4.16. The number of anilines is 1. The molecular formula is C21H28N4O2. The van der Waals surface area contributed by atoms with Gasteiger partial charge in [0.25, 0.3) is 5.91 Å². The first-order valence-corrected chi connectivity index (χ1v) is 9.90. The van der Waals surface area contributed by atoms with E-state index in [0.717, 1.165) is 51.1 Å². The van der Waals surface area contributed by atoms with Crippen LogP contribution in [-0.2, 0) is 22.6 Å². The first-order chi connectivity index (χ1) is 13.2. The van der Waals surface area contributed by atoms with Crippen LogP contribution in [0.5, 0.6) is 0 Å². The van der Waals surface area contributed by atoms with Crippen molar-refractivity contribution in [1.82, 2.24) is 14.7 Å². The summed E-state index contributed by atoms with van der Waals surface area (Å²) >= 11 is 0. The monoisotopic (exact) mass is 368 g/mol. The quantitative estimate of drug-likeness (QED) is 0.833. The number of nitrogens with zero attached hydrogens (tertiary/aromatic N) is 4. The van der Waals surface area contributed by atoms with Gasteiger partial charge in [-0.2, -0.15) is 5.10 Å². The fourth-order valence-corrected chi connectivity index (χ4v) is 4.16. The molecule has 6 heteroatoms. The Balaban J connectivity index is 1.42. The highest BCUT2D eigenvalue weighted by atomic mass is 16.5. The van der Waals surface area contributed by atoms with E-state index in [4.69, 9.17) is 4.74 Å². The molecule has 0 radical (unpaired) electrons. The third-order valence-electron chi connectivity index (χ3n) is 5.72. The van der Waals surface area contributed by atoms with Crippen molar-refractivity contribution in [2.45, 2.75) is 44.9 Å². The summed E-state index contributed by atoms with van der Waals surface area (Å²) in [6.07, 6.45) is 7.13. The molecule has 1 amide bonds. The van der Waals surface area contributed by atoms with Gasteiger partial charge in [-0.1, -0.05) is 18.2 Å². The molecule has 0 saturated carbocycles. The number of benzene rings is 1. The van der Waals surface area contributed by atoms with Gasteiger partial charge in [-0.25, -0.2) is 0 Å². The Labute approximate surface area is 160 Å². The third kappa shape index (κ3) is 4.06. The van der Waals surface area contributed by atoms with Crippen molar-refractivity contribution in [2.24, 2.45) is 0 Å². The summed E-state index contributed by atoms with van der Waals surface area (Å²) in [6.45, 7) is 6.80. The molecule has 27 heavy (non-hydrogen) atoms. The summed E-state index contributed by atoms with van der Waals surface area (Å²) in [4.78, 5) is 16.8. The molecule has 2 aromatic rings.